The molecule has 5 rings (SSSR count). The molecule has 3 aromatic heterocycles. The highest BCUT2D eigenvalue weighted by Gasteiger charge is 2.31. The molecule has 1 aromatic carbocycles. The highest BCUT2D eigenvalue weighted by Crippen LogP contribution is 2.37. The molecule has 1 aliphatic heterocycles. The third-order valence-corrected chi connectivity index (χ3v) is 5.12. The van der Waals surface area contributed by atoms with Crippen LogP contribution in [0.5, 0.6) is 0 Å². The molecule has 0 radical (unpaired) electrons. The van der Waals surface area contributed by atoms with E-state index in [0.29, 0.717) is 48.3 Å². The average Bonchev–Trinajstić information content (AvgIpc) is 3.55. The molecule has 9 heteroatoms. The first-order chi connectivity index (χ1) is 14.7. The molecule has 1 fully saturated rings. The molecule has 1 unspecified atom stereocenters. The van der Waals surface area contributed by atoms with Gasteiger partial charge in [0.1, 0.15) is 12.0 Å². The summed E-state index contributed by atoms with van der Waals surface area (Å²) in [5.41, 5.74) is 3.08. The Balaban J connectivity index is 1.53. The molecule has 30 heavy (non-hydrogen) atoms. The van der Waals surface area contributed by atoms with Crippen LogP contribution in [0.4, 0.5) is 6.01 Å². The Morgan fingerprint density at radius 1 is 1.03 bits per heavy atom. The van der Waals surface area contributed by atoms with Crippen molar-refractivity contribution in [2.24, 2.45) is 5.92 Å². The van der Waals surface area contributed by atoms with Crippen molar-refractivity contribution in [3.63, 3.8) is 0 Å². The number of oxazole rings is 2. The van der Waals surface area contributed by atoms with Crippen LogP contribution >= 0.6 is 0 Å². The predicted molar refractivity (Wildman–Crippen MR) is 106 cm³/mol. The molecule has 4 aromatic rings. The average molecular weight is 403 g/mol. The van der Waals surface area contributed by atoms with Crippen LogP contribution in [0.1, 0.15) is 6.42 Å². The van der Waals surface area contributed by atoms with Gasteiger partial charge < -0.3 is 18.8 Å². The van der Waals surface area contributed by atoms with Crippen LogP contribution in [0.15, 0.2) is 64.4 Å². The quantitative estimate of drug-likeness (QED) is 0.535. The molecule has 1 aliphatic rings. The van der Waals surface area contributed by atoms with E-state index in [4.69, 9.17) is 13.8 Å². The number of carboxylic acids is 1. The Hall–Kier alpha value is -4.01. The van der Waals surface area contributed by atoms with Gasteiger partial charge in [0.15, 0.2) is 17.9 Å². The molecular formula is C21H17N5O4. The number of hydrogen-bond donors (Lipinski definition) is 1. The van der Waals surface area contributed by atoms with E-state index in [2.05, 4.69) is 15.0 Å². The van der Waals surface area contributed by atoms with Gasteiger partial charge in [-0.05, 0) is 6.42 Å². The highest BCUT2D eigenvalue weighted by molar-refractivity contribution is 5.79. The lowest BCUT2D eigenvalue weighted by molar-refractivity contribution is -0.140. The zero-order valence-corrected chi connectivity index (χ0v) is 15.8. The van der Waals surface area contributed by atoms with Gasteiger partial charge in [-0.1, -0.05) is 24.3 Å². The molecule has 0 saturated carbocycles. The fourth-order valence-electron chi connectivity index (χ4n) is 3.54. The molecule has 9 nitrogen and oxygen atoms in total. The minimum Gasteiger partial charge on any atom is -0.481 e. The summed E-state index contributed by atoms with van der Waals surface area (Å²) in [7, 11) is 0. The SMILES string of the molecule is O=C(O)C1CCN(c2nc(-c3ccc(-c4cnco4)cc3)c(-c3cncnc3)o2)C1. The van der Waals surface area contributed by atoms with Crippen molar-refractivity contribution in [1.29, 1.82) is 0 Å². The summed E-state index contributed by atoms with van der Waals surface area (Å²) < 4.78 is 11.4. The minimum absolute atomic E-state index is 0.366. The lowest BCUT2D eigenvalue weighted by Gasteiger charge is -2.11. The first-order valence-corrected chi connectivity index (χ1v) is 9.42. The smallest absolute Gasteiger partial charge is 0.308 e. The molecule has 0 spiro atoms. The number of nitrogens with zero attached hydrogens (tertiary/aromatic N) is 5. The topological polar surface area (TPSA) is 118 Å². The maximum absolute atomic E-state index is 11.3. The number of aromatic nitrogens is 4. The second-order valence-electron chi connectivity index (χ2n) is 7.01. The fourth-order valence-corrected chi connectivity index (χ4v) is 3.54. The molecule has 0 aliphatic carbocycles. The van der Waals surface area contributed by atoms with Crippen molar-refractivity contribution >= 4 is 12.0 Å². The van der Waals surface area contributed by atoms with E-state index in [9.17, 15) is 9.90 Å². The Kier molecular flexibility index (Phi) is 4.47. The van der Waals surface area contributed by atoms with Gasteiger partial charge >= 0.3 is 5.97 Å². The Bertz CT molecular complexity index is 1160. The molecule has 4 heterocycles. The lowest BCUT2D eigenvalue weighted by Crippen LogP contribution is -2.22. The van der Waals surface area contributed by atoms with Crippen LogP contribution in [-0.4, -0.2) is 44.1 Å². The van der Waals surface area contributed by atoms with Crippen molar-refractivity contribution < 1.29 is 18.7 Å². The summed E-state index contributed by atoms with van der Waals surface area (Å²) in [4.78, 5) is 30.0. The zero-order valence-electron chi connectivity index (χ0n) is 15.8. The third-order valence-electron chi connectivity index (χ3n) is 5.12. The summed E-state index contributed by atoms with van der Waals surface area (Å²) in [5.74, 6) is -0.0124. The van der Waals surface area contributed by atoms with Gasteiger partial charge in [0.25, 0.3) is 6.01 Å². The molecule has 150 valence electrons. The number of rotatable bonds is 5. The van der Waals surface area contributed by atoms with Crippen LogP contribution < -0.4 is 4.90 Å². The summed E-state index contributed by atoms with van der Waals surface area (Å²) >= 11 is 0. The van der Waals surface area contributed by atoms with Crippen LogP contribution in [0.2, 0.25) is 0 Å². The highest BCUT2D eigenvalue weighted by atomic mass is 16.4. The Labute approximate surface area is 171 Å². The fraction of sp³-hybridized carbons (Fsp3) is 0.190. The Morgan fingerprint density at radius 2 is 1.80 bits per heavy atom. The standard InChI is InChI=1S/C21H17N5O4/c27-20(28)15-5-6-26(10-15)21-25-18(19(30-21)16-7-22-11-23-8-16)14-3-1-13(2-4-14)17-9-24-12-29-17/h1-4,7-9,11-12,15H,5-6,10H2,(H,27,28). The zero-order chi connectivity index (χ0) is 20.5. The largest absolute Gasteiger partial charge is 0.481 e. The number of carbonyl (C=O) groups is 1. The second kappa shape index (κ2) is 7.43. The maximum atomic E-state index is 11.3. The lowest BCUT2D eigenvalue weighted by atomic mass is 10.1. The first kappa shape index (κ1) is 18.0. The molecule has 0 amide bonds. The van der Waals surface area contributed by atoms with E-state index in [1.807, 2.05) is 29.2 Å². The summed E-state index contributed by atoms with van der Waals surface area (Å²) in [6.07, 6.45) is 8.37. The number of hydrogen-bond acceptors (Lipinski definition) is 8. The number of anilines is 1. The summed E-state index contributed by atoms with van der Waals surface area (Å²) in [6, 6.07) is 8.09. The van der Waals surface area contributed by atoms with E-state index < -0.39 is 11.9 Å². The molecule has 1 N–H and O–H groups in total. The van der Waals surface area contributed by atoms with Crippen molar-refractivity contribution in [2.45, 2.75) is 6.42 Å². The first-order valence-electron chi connectivity index (χ1n) is 9.42. The van der Waals surface area contributed by atoms with Gasteiger partial charge in [0.2, 0.25) is 0 Å². The number of benzene rings is 1. The van der Waals surface area contributed by atoms with Crippen LogP contribution in [0, 0.1) is 5.92 Å². The molecule has 1 saturated heterocycles. The van der Waals surface area contributed by atoms with E-state index in [1.165, 1.54) is 12.7 Å². The van der Waals surface area contributed by atoms with Crippen molar-refractivity contribution in [3.05, 3.63) is 55.6 Å². The van der Waals surface area contributed by atoms with Crippen LogP contribution in [-0.2, 0) is 4.79 Å². The second-order valence-corrected chi connectivity index (χ2v) is 7.01. The van der Waals surface area contributed by atoms with Gasteiger partial charge in [0.05, 0.1) is 17.7 Å². The maximum Gasteiger partial charge on any atom is 0.308 e. The predicted octanol–water partition coefficient (Wildman–Crippen LogP) is 3.36. The van der Waals surface area contributed by atoms with Crippen LogP contribution in [0.3, 0.4) is 0 Å². The summed E-state index contributed by atoms with van der Waals surface area (Å²) in [5, 5.41) is 9.29. The number of aliphatic carboxylic acids is 1. The van der Waals surface area contributed by atoms with E-state index in [1.54, 1.807) is 18.6 Å². The molecular weight excluding hydrogens is 386 g/mol. The van der Waals surface area contributed by atoms with Gasteiger partial charge in [-0.15, -0.1) is 0 Å². The minimum atomic E-state index is -0.802. The Morgan fingerprint density at radius 3 is 2.47 bits per heavy atom. The van der Waals surface area contributed by atoms with Gasteiger partial charge in [-0.25, -0.2) is 15.0 Å². The van der Waals surface area contributed by atoms with Gasteiger partial charge in [-0.2, -0.15) is 4.98 Å². The van der Waals surface area contributed by atoms with E-state index in [0.717, 1.165) is 11.1 Å². The number of carboxylic acid groups (broad SMARTS) is 1. The summed E-state index contributed by atoms with van der Waals surface area (Å²) in [6.45, 7) is 0.941. The monoisotopic (exact) mass is 403 g/mol. The van der Waals surface area contributed by atoms with Gasteiger partial charge in [0, 0.05) is 36.6 Å². The van der Waals surface area contributed by atoms with E-state index >= 15 is 0 Å². The molecule has 1 atom stereocenters. The van der Waals surface area contributed by atoms with Crippen molar-refractivity contribution in [3.8, 4) is 33.9 Å². The van der Waals surface area contributed by atoms with E-state index in [-0.39, 0.29) is 0 Å². The van der Waals surface area contributed by atoms with Gasteiger partial charge in [-0.3, -0.25) is 4.79 Å². The molecule has 0 bridgehead atoms. The van der Waals surface area contributed by atoms with Crippen molar-refractivity contribution in [1.82, 2.24) is 19.9 Å². The normalized spacial score (nSPS) is 16.1. The van der Waals surface area contributed by atoms with Crippen molar-refractivity contribution in [2.75, 3.05) is 18.0 Å². The van der Waals surface area contributed by atoms with Crippen LogP contribution in [0.25, 0.3) is 33.9 Å². The third kappa shape index (κ3) is 3.30.